The first kappa shape index (κ1) is 17.3. The number of nitrogens with zero attached hydrogens (tertiary/aromatic N) is 1. The molecule has 0 radical (unpaired) electrons. The molecule has 0 aliphatic carbocycles. The number of fused-ring (bicyclic) bond motifs is 1. The fraction of sp³-hybridized carbons (Fsp3) is 0.267. The molecule has 1 aromatic heterocycles. The van der Waals surface area contributed by atoms with Crippen LogP contribution in [0, 0.1) is 0 Å². The smallest absolute Gasteiger partial charge is 0.329 e. The molecule has 1 unspecified atom stereocenters. The predicted octanol–water partition coefficient (Wildman–Crippen LogP) is 2.59. The zero-order chi connectivity index (χ0) is 14.8. The number of para-hydroxylation sites is 1. The maximum Gasteiger partial charge on any atom is 0.329 e. The molecule has 1 atom stereocenters. The molecule has 0 amide bonds. The van der Waals surface area contributed by atoms with Gasteiger partial charge in [-0.1, -0.05) is 18.2 Å². The van der Waals surface area contributed by atoms with Crippen LogP contribution in [-0.4, -0.2) is 27.8 Å². The molecule has 5 nitrogen and oxygen atoms in total. The van der Waals surface area contributed by atoms with E-state index in [2.05, 4.69) is 6.58 Å². The van der Waals surface area contributed by atoms with E-state index in [1.807, 2.05) is 31.2 Å². The van der Waals surface area contributed by atoms with Crippen LogP contribution in [0.15, 0.2) is 43.1 Å². The molecule has 0 bridgehead atoms. The average Bonchev–Trinajstić information content (AvgIpc) is 2.77. The second-order valence-electron chi connectivity index (χ2n) is 4.62. The highest BCUT2D eigenvalue weighted by molar-refractivity contribution is 8.93. The van der Waals surface area contributed by atoms with E-state index in [-0.39, 0.29) is 23.5 Å². The van der Waals surface area contributed by atoms with E-state index >= 15 is 0 Å². The summed E-state index contributed by atoms with van der Waals surface area (Å²) in [6.45, 7) is 6.07. The van der Waals surface area contributed by atoms with E-state index in [1.54, 1.807) is 10.8 Å². The van der Waals surface area contributed by atoms with Gasteiger partial charge >= 0.3 is 5.97 Å². The Morgan fingerprint density at radius 1 is 1.52 bits per heavy atom. The Balaban J connectivity index is 0.00000220. The van der Waals surface area contributed by atoms with Crippen molar-refractivity contribution in [2.45, 2.75) is 19.0 Å². The van der Waals surface area contributed by atoms with E-state index in [9.17, 15) is 9.90 Å². The lowest BCUT2D eigenvalue weighted by Gasteiger charge is -2.21. The van der Waals surface area contributed by atoms with Crippen molar-refractivity contribution in [3.63, 3.8) is 0 Å². The number of halogens is 1. The van der Waals surface area contributed by atoms with Crippen LogP contribution in [0.5, 0.6) is 5.75 Å². The van der Waals surface area contributed by atoms with Crippen molar-refractivity contribution in [2.75, 3.05) is 6.61 Å². The minimum atomic E-state index is -1.51. The lowest BCUT2D eigenvalue weighted by Crippen LogP contribution is -2.49. The molecular formula is C15H19BrN2O3. The van der Waals surface area contributed by atoms with Gasteiger partial charge in [0, 0.05) is 11.6 Å². The van der Waals surface area contributed by atoms with Gasteiger partial charge in [0.25, 0.3) is 0 Å². The molecule has 3 N–H and O–H groups in total. The second kappa shape index (κ2) is 6.78. The summed E-state index contributed by atoms with van der Waals surface area (Å²) >= 11 is 0. The van der Waals surface area contributed by atoms with Crippen molar-refractivity contribution in [1.29, 1.82) is 0 Å². The van der Waals surface area contributed by atoms with Crippen molar-refractivity contribution < 1.29 is 14.6 Å². The topological polar surface area (TPSA) is 77.5 Å². The number of carboxylic acid groups (broad SMARTS) is 1. The van der Waals surface area contributed by atoms with E-state index in [0.717, 1.165) is 16.7 Å². The van der Waals surface area contributed by atoms with Gasteiger partial charge < -0.3 is 20.1 Å². The number of carbonyl (C=O) groups is 1. The number of benzene rings is 1. The zero-order valence-corrected chi connectivity index (χ0v) is 13.5. The van der Waals surface area contributed by atoms with Crippen LogP contribution >= 0.6 is 17.0 Å². The van der Waals surface area contributed by atoms with Gasteiger partial charge in [-0.3, -0.25) is 0 Å². The first-order valence-corrected chi connectivity index (χ1v) is 6.38. The first-order chi connectivity index (χ1) is 9.51. The first-order valence-electron chi connectivity index (χ1n) is 6.38. The molecule has 0 aliphatic rings. The fourth-order valence-electron chi connectivity index (χ4n) is 2.12. The lowest BCUT2D eigenvalue weighted by molar-refractivity contribution is -0.141. The molecular weight excluding hydrogens is 336 g/mol. The summed E-state index contributed by atoms with van der Waals surface area (Å²) in [5.74, 6) is -0.386. The van der Waals surface area contributed by atoms with Crippen LogP contribution in [0.2, 0.25) is 0 Å². The van der Waals surface area contributed by atoms with E-state index in [4.69, 9.17) is 10.5 Å². The maximum atomic E-state index is 11.3. The van der Waals surface area contributed by atoms with E-state index in [0.29, 0.717) is 6.61 Å². The van der Waals surface area contributed by atoms with Crippen LogP contribution < -0.4 is 10.5 Å². The molecule has 1 aromatic carbocycles. The quantitative estimate of drug-likeness (QED) is 0.781. The van der Waals surface area contributed by atoms with Gasteiger partial charge in [-0.15, -0.1) is 23.6 Å². The van der Waals surface area contributed by atoms with Crippen molar-refractivity contribution in [1.82, 2.24) is 4.57 Å². The second-order valence-corrected chi connectivity index (χ2v) is 4.62. The van der Waals surface area contributed by atoms with Gasteiger partial charge in [0.1, 0.15) is 5.75 Å². The summed E-state index contributed by atoms with van der Waals surface area (Å²) < 4.78 is 7.36. The number of hydrogen-bond donors (Lipinski definition) is 2. The van der Waals surface area contributed by atoms with Crippen LogP contribution in [-0.2, 0) is 11.3 Å². The minimum absolute atomic E-state index is 0. The Morgan fingerprint density at radius 2 is 2.19 bits per heavy atom. The summed E-state index contributed by atoms with van der Waals surface area (Å²) in [7, 11) is 0. The highest BCUT2D eigenvalue weighted by Crippen LogP contribution is 2.29. The third kappa shape index (κ3) is 3.28. The number of nitrogens with two attached hydrogens (primary N) is 1. The number of ether oxygens (including phenoxy) is 1. The Hall–Kier alpha value is -1.79. The predicted molar refractivity (Wildman–Crippen MR) is 88.2 cm³/mol. The van der Waals surface area contributed by atoms with E-state index < -0.39 is 11.5 Å². The third-order valence-electron chi connectivity index (χ3n) is 3.25. The zero-order valence-electron chi connectivity index (χ0n) is 11.8. The van der Waals surface area contributed by atoms with Gasteiger partial charge in [0.05, 0.1) is 18.7 Å². The molecule has 1 heterocycles. The summed E-state index contributed by atoms with van der Waals surface area (Å²) in [4.78, 5) is 11.3. The molecule has 2 aromatic rings. The van der Waals surface area contributed by atoms with Gasteiger partial charge in [0.15, 0.2) is 5.54 Å². The average molecular weight is 355 g/mol. The molecule has 0 saturated carbocycles. The SMILES string of the molecule is Br.C=CC(N)(Cn1cc(OCC)c2ccccc21)C(=O)O. The van der Waals surface area contributed by atoms with E-state index in [1.165, 1.54) is 6.08 Å². The summed E-state index contributed by atoms with van der Waals surface area (Å²) in [5.41, 5.74) is 5.24. The van der Waals surface area contributed by atoms with Crippen LogP contribution in [0.25, 0.3) is 10.9 Å². The van der Waals surface area contributed by atoms with Crippen LogP contribution in [0.1, 0.15) is 6.92 Å². The van der Waals surface area contributed by atoms with Crippen LogP contribution in [0.4, 0.5) is 0 Å². The molecule has 0 saturated heterocycles. The number of carboxylic acids is 1. The summed E-state index contributed by atoms with van der Waals surface area (Å²) in [5, 5.41) is 10.2. The van der Waals surface area contributed by atoms with Crippen molar-refractivity contribution >= 4 is 33.9 Å². The molecule has 0 spiro atoms. The Labute approximate surface area is 133 Å². The summed E-state index contributed by atoms with van der Waals surface area (Å²) in [6, 6.07) is 7.64. The molecule has 0 aliphatic heterocycles. The lowest BCUT2D eigenvalue weighted by atomic mass is 10.0. The standard InChI is InChI=1S/C15H18N2O3.BrH/c1-3-15(16,14(18)19)10-17-9-13(20-4-2)11-7-5-6-8-12(11)17;/h3,5-9H,1,4,10,16H2,2H3,(H,18,19);1H. The van der Waals surface area contributed by atoms with Gasteiger partial charge in [0.2, 0.25) is 0 Å². The molecule has 0 fully saturated rings. The van der Waals surface area contributed by atoms with Gasteiger partial charge in [-0.2, -0.15) is 0 Å². The van der Waals surface area contributed by atoms with Gasteiger partial charge in [-0.25, -0.2) is 4.79 Å². The minimum Gasteiger partial charge on any atom is -0.492 e. The van der Waals surface area contributed by atoms with Gasteiger partial charge in [-0.05, 0) is 19.1 Å². The van der Waals surface area contributed by atoms with Crippen molar-refractivity contribution in [2.24, 2.45) is 5.73 Å². The van der Waals surface area contributed by atoms with Crippen molar-refractivity contribution in [3.8, 4) is 5.75 Å². The van der Waals surface area contributed by atoms with Crippen LogP contribution in [0.3, 0.4) is 0 Å². The Morgan fingerprint density at radius 3 is 2.76 bits per heavy atom. The number of rotatable bonds is 6. The Kier molecular flexibility index (Phi) is 5.57. The third-order valence-corrected chi connectivity index (χ3v) is 3.25. The highest BCUT2D eigenvalue weighted by atomic mass is 79.9. The maximum absolute atomic E-state index is 11.3. The number of aliphatic carboxylic acids is 1. The summed E-state index contributed by atoms with van der Waals surface area (Å²) in [6.07, 6.45) is 3.03. The molecule has 114 valence electrons. The molecule has 21 heavy (non-hydrogen) atoms. The monoisotopic (exact) mass is 354 g/mol. The number of aromatic nitrogens is 1. The van der Waals surface area contributed by atoms with Crippen molar-refractivity contribution in [3.05, 3.63) is 43.1 Å². The largest absolute Gasteiger partial charge is 0.492 e. The number of hydrogen-bond acceptors (Lipinski definition) is 3. The highest BCUT2D eigenvalue weighted by Gasteiger charge is 2.31. The fourth-order valence-corrected chi connectivity index (χ4v) is 2.12. The Bertz CT molecular complexity index is 653. The molecule has 2 rings (SSSR count). The molecule has 6 heteroatoms. The normalized spacial score (nSPS) is 13.2.